The fraction of sp³-hybridized carbons (Fsp3) is 1.00. The van der Waals surface area contributed by atoms with Crippen molar-refractivity contribution in [3.8, 4) is 0 Å². The Morgan fingerprint density at radius 3 is 1.54 bits per heavy atom. The van der Waals surface area contributed by atoms with E-state index in [0.717, 1.165) is 6.92 Å². The van der Waals surface area contributed by atoms with Crippen molar-refractivity contribution in [2.24, 2.45) is 5.92 Å². The predicted octanol–water partition coefficient (Wildman–Crippen LogP) is 3.43. The van der Waals surface area contributed by atoms with Crippen molar-refractivity contribution in [2.45, 2.75) is 32.1 Å². The van der Waals surface area contributed by atoms with Gasteiger partial charge in [0.05, 0.1) is 6.67 Å². The summed E-state index contributed by atoms with van der Waals surface area (Å²) in [6.07, 6.45) is -0.681. The molecule has 1 rings (SSSR count). The first kappa shape index (κ1) is 15.1. The van der Waals surface area contributed by atoms with Crippen LogP contribution in [0.3, 0.4) is 0 Å². The van der Waals surface area contributed by atoms with Crippen LogP contribution in [0.4, 0.5) is 26.7 Å². The zero-order valence-electron chi connectivity index (χ0n) is 7.29. The minimum Gasteiger partial charge on any atom is -0.269 e. The molecule has 1 fully saturated rings. The largest absolute Gasteiger partial charge is 0.312 e. The van der Waals surface area contributed by atoms with Crippen molar-refractivity contribution >= 4 is 0 Å². The van der Waals surface area contributed by atoms with Crippen LogP contribution in [-0.4, -0.2) is 18.5 Å². The Labute approximate surface area is 72.5 Å². The second kappa shape index (κ2) is 4.72. The lowest BCUT2D eigenvalue weighted by atomic mass is 9.78. The lowest BCUT2D eigenvalue weighted by Gasteiger charge is -2.41. The van der Waals surface area contributed by atoms with E-state index in [-0.39, 0.29) is 11.4 Å². The molecule has 0 aromatic carbocycles. The van der Waals surface area contributed by atoms with Crippen LogP contribution >= 0.6 is 0 Å². The fourth-order valence-corrected chi connectivity index (χ4v) is 0.878. The molecule has 0 heterocycles. The van der Waals surface area contributed by atoms with E-state index in [0.29, 0.717) is 0 Å². The molecule has 0 aromatic rings. The zero-order valence-corrected chi connectivity index (χ0v) is 7.29. The average Bonchev–Trinajstić information content (AvgIpc) is 1.88. The van der Waals surface area contributed by atoms with Gasteiger partial charge in [0.15, 0.2) is 0 Å². The maximum atomic E-state index is 12.0. The van der Waals surface area contributed by atoms with E-state index in [1.807, 2.05) is 0 Å². The van der Waals surface area contributed by atoms with Crippen LogP contribution in [-0.2, 0) is 0 Å². The summed E-state index contributed by atoms with van der Waals surface area (Å²) >= 11 is 0. The Bertz CT molecular complexity index is 144. The topological polar surface area (TPSA) is 0 Å². The van der Waals surface area contributed by atoms with E-state index in [1.54, 1.807) is 0 Å². The smallest absolute Gasteiger partial charge is 0.269 e. The average molecular weight is 210 g/mol. The second-order valence-corrected chi connectivity index (χ2v) is 2.70. The monoisotopic (exact) mass is 210 g/mol. The molecule has 0 radical (unpaired) electrons. The summed E-state index contributed by atoms with van der Waals surface area (Å²) in [6, 6.07) is 0. The summed E-state index contributed by atoms with van der Waals surface area (Å²) in [4.78, 5) is 0. The van der Waals surface area contributed by atoms with Gasteiger partial charge in [0.2, 0.25) is 0 Å². The molecule has 1 aliphatic carbocycles. The number of alkyl halides is 5. The molecule has 1 unspecified atom stereocenters. The van der Waals surface area contributed by atoms with Crippen molar-refractivity contribution in [1.29, 1.82) is 0 Å². The molecular formula is C7H12F6. The van der Waals surface area contributed by atoms with Gasteiger partial charge in [-0.1, -0.05) is 6.92 Å². The van der Waals surface area contributed by atoms with E-state index in [1.165, 1.54) is 6.92 Å². The molecule has 0 amide bonds. The van der Waals surface area contributed by atoms with Crippen LogP contribution in [0.15, 0.2) is 0 Å². The second-order valence-electron chi connectivity index (χ2n) is 2.70. The molecule has 0 aliphatic heterocycles. The van der Waals surface area contributed by atoms with E-state index in [4.69, 9.17) is 0 Å². The third-order valence-corrected chi connectivity index (χ3v) is 1.67. The number of hydrogen-bond acceptors (Lipinski definition) is 0. The summed E-state index contributed by atoms with van der Waals surface area (Å²) in [7, 11) is 0. The highest BCUT2D eigenvalue weighted by Crippen LogP contribution is 2.54. The maximum Gasteiger partial charge on any atom is 0.312 e. The van der Waals surface area contributed by atoms with Crippen molar-refractivity contribution in [3.05, 3.63) is 0 Å². The third kappa shape index (κ3) is 2.77. The van der Waals surface area contributed by atoms with Crippen LogP contribution in [0, 0.1) is 5.92 Å². The van der Waals surface area contributed by atoms with Crippen LogP contribution in [0.2, 0.25) is 0 Å². The first-order valence-electron chi connectivity index (χ1n) is 3.61. The molecule has 0 saturated heterocycles. The molecule has 0 bridgehead atoms. The van der Waals surface area contributed by atoms with E-state index in [2.05, 4.69) is 0 Å². The van der Waals surface area contributed by atoms with Gasteiger partial charge in [0, 0.05) is 12.3 Å². The lowest BCUT2D eigenvalue weighted by molar-refractivity contribution is -0.309. The summed E-state index contributed by atoms with van der Waals surface area (Å²) in [6.45, 7) is 2.33. The first-order chi connectivity index (χ1) is 5.29. The highest BCUT2D eigenvalue weighted by atomic mass is 19.3. The number of hydrogen-bond donors (Lipinski definition) is 0. The minimum absolute atomic E-state index is 0. The van der Waals surface area contributed by atoms with Gasteiger partial charge in [0.25, 0.3) is 0 Å². The molecule has 0 aromatic heterocycles. The summed E-state index contributed by atoms with van der Waals surface area (Å²) in [5.74, 6) is -8.66. The molecule has 1 aliphatic rings. The van der Waals surface area contributed by atoms with E-state index >= 15 is 0 Å². The van der Waals surface area contributed by atoms with Crippen LogP contribution in [0.1, 0.15) is 20.3 Å². The number of halogens is 6. The maximum absolute atomic E-state index is 12.0. The van der Waals surface area contributed by atoms with Gasteiger partial charge in [-0.2, -0.15) is 17.6 Å². The van der Waals surface area contributed by atoms with Crippen molar-refractivity contribution in [3.63, 3.8) is 0 Å². The molecule has 13 heavy (non-hydrogen) atoms. The lowest BCUT2D eigenvalue weighted by Crippen LogP contribution is -2.57. The van der Waals surface area contributed by atoms with Crippen LogP contribution in [0.5, 0.6) is 0 Å². The molecule has 1 saturated carbocycles. The predicted molar refractivity (Wildman–Crippen MR) is 37.8 cm³/mol. The summed E-state index contributed by atoms with van der Waals surface area (Å²) in [5.41, 5.74) is 0. The third-order valence-electron chi connectivity index (χ3n) is 1.67. The molecule has 0 N–H and O–H groups in total. The summed E-state index contributed by atoms with van der Waals surface area (Å²) < 4.78 is 57.8. The Morgan fingerprint density at radius 1 is 1.23 bits per heavy atom. The Morgan fingerprint density at radius 2 is 1.54 bits per heavy atom. The summed E-state index contributed by atoms with van der Waals surface area (Å²) in [5, 5.41) is 0. The van der Waals surface area contributed by atoms with Crippen molar-refractivity contribution in [2.75, 3.05) is 6.67 Å². The standard InChI is InChI=1S/C5H6F4.C2H5F.FH/c1-3-2-4(6,7)5(3,8)9;1-2-3;/h3H,2H2,1H3;2H2,1H3;1H. The highest BCUT2D eigenvalue weighted by Gasteiger charge is 2.69. The normalized spacial score (nSPS) is 27.5. The van der Waals surface area contributed by atoms with E-state index < -0.39 is 24.2 Å². The SMILES string of the molecule is CC1CC(F)(F)C1(F)F.CCF.F. The van der Waals surface area contributed by atoms with Gasteiger partial charge in [-0.25, -0.2) is 0 Å². The van der Waals surface area contributed by atoms with Gasteiger partial charge >= 0.3 is 11.8 Å². The van der Waals surface area contributed by atoms with Crippen LogP contribution < -0.4 is 0 Å². The minimum atomic E-state index is -3.76. The Kier molecular flexibility index (Phi) is 5.47. The molecule has 82 valence electrons. The fourth-order valence-electron chi connectivity index (χ4n) is 0.878. The van der Waals surface area contributed by atoms with Crippen molar-refractivity contribution < 1.29 is 26.7 Å². The molecular weight excluding hydrogens is 198 g/mol. The Hall–Kier alpha value is -0.420. The zero-order chi connectivity index (χ0) is 9.99. The highest BCUT2D eigenvalue weighted by molar-refractivity contribution is 5.00. The van der Waals surface area contributed by atoms with Gasteiger partial charge in [-0.3, -0.25) is 9.09 Å². The molecule has 6 heteroatoms. The van der Waals surface area contributed by atoms with Gasteiger partial charge in [-0.15, -0.1) is 0 Å². The Balaban J connectivity index is 0. The molecule has 0 nitrogen and oxygen atoms in total. The van der Waals surface area contributed by atoms with Crippen LogP contribution in [0.25, 0.3) is 0 Å². The van der Waals surface area contributed by atoms with Crippen molar-refractivity contribution in [1.82, 2.24) is 0 Å². The number of rotatable bonds is 0. The van der Waals surface area contributed by atoms with Gasteiger partial charge in [-0.05, 0) is 6.92 Å². The molecule has 0 spiro atoms. The van der Waals surface area contributed by atoms with Gasteiger partial charge < -0.3 is 0 Å². The van der Waals surface area contributed by atoms with Gasteiger partial charge in [0.1, 0.15) is 0 Å². The quantitative estimate of drug-likeness (QED) is 0.537. The molecule has 1 atom stereocenters. The first-order valence-corrected chi connectivity index (χ1v) is 3.61. The van der Waals surface area contributed by atoms with E-state index in [9.17, 15) is 22.0 Å².